The molecule has 2 aromatic rings. The highest BCUT2D eigenvalue weighted by Gasteiger charge is 2.25. The van der Waals surface area contributed by atoms with Crippen LogP contribution in [0.4, 0.5) is 5.82 Å². The van der Waals surface area contributed by atoms with E-state index in [1.165, 1.54) is 5.56 Å². The van der Waals surface area contributed by atoms with E-state index in [0.29, 0.717) is 11.4 Å². The van der Waals surface area contributed by atoms with Gasteiger partial charge in [-0.3, -0.25) is 4.79 Å². The van der Waals surface area contributed by atoms with Crippen molar-refractivity contribution in [1.82, 2.24) is 14.9 Å². The number of likely N-dealkylation sites (tertiary alicyclic amines) is 1. The zero-order valence-electron chi connectivity index (χ0n) is 15.3. The number of aryl methyl sites for hydroxylation is 1. The highest BCUT2D eigenvalue weighted by atomic mass is 16.2. The van der Waals surface area contributed by atoms with Gasteiger partial charge < -0.3 is 9.80 Å². The molecule has 1 aromatic carbocycles. The van der Waals surface area contributed by atoms with Gasteiger partial charge in [-0.1, -0.05) is 29.8 Å². The van der Waals surface area contributed by atoms with Crippen LogP contribution in [0.3, 0.4) is 0 Å². The van der Waals surface area contributed by atoms with Crippen LogP contribution in [-0.4, -0.2) is 47.0 Å². The third-order valence-electron chi connectivity index (χ3n) is 4.77. The van der Waals surface area contributed by atoms with E-state index in [9.17, 15) is 4.79 Å². The maximum atomic E-state index is 12.9. The quantitative estimate of drug-likeness (QED) is 0.837. The lowest BCUT2D eigenvalue weighted by Crippen LogP contribution is -2.32. The monoisotopic (exact) mass is 338 g/mol. The van der Waals surface area contributed by atoms with Gasteiger partial charge in [0.05, 0.1) is 0 Å². The number of benzene rings is 1. The molecule has 0 aliphatic carbocycles. The van der Waals surface area contributed by atoms with Crippen molar-refractivity contribution in [3.05, 3.63) is 41.6 Å². The lowest BCUT2D eigenvalue weighted by molar-refractivity contribution is 0.0792. The molecular weight excluding hydrogens is 312 g/mol. The summed E-state index contributed by atoms with van der Waals surface area (Å²) < 4.78 is 0. The largest absolute Gasteiger partial charge is 0.356 e. The third kappa shape index (κ3) is 3.65. The molecule has 1 fully saturated rings. The first-order chi connectivity index (χ1) is 12.1. The fourth-order valence-electron chi connectivity index (χ4n) is 3.22. The van der Waals surface area contributed by atoms with Crippen LogP contribution < -0.4 is 4.90 Å². The van der Waals surface area contributed by atoms with Crippen LogP contribution in [0.15, 0.2) is 30.5 Å². The number of nitrogens with zero attached hydrogens (tertiary/aromatic N) is 4. The molecule has 0 N–H and O–H groups in total. The summed E-state index contributed by atoms with van der Waals surface area (Å²) in [7, 11) is 0. The molecule has 2 heterocycles. The molecule has 132 valence electrons. The molecule has 1 aromatic heterocycles. The lowest BCUT2D eigenvalue weighted by Gasteiger charge is -2.24. The van der Waals surface area contributed by atoms with Crippen LogP contribution in [0.5, 0.6) is 0 Å². The Bertz CT molecular complexity index is 732. The van der Waals surface area contributed by atoms with Crippen molar-refractivity contribution < 1.29 is 4.79 Å². The van der Waals surface area contributed by atoms with E-state index in [2.05, 4.69) is 42.8 Å². The lowest BCUT2D eigenvalue weighted by atomic mass is 10.1. The highest BCUT2D eigenvalue weighted by molar-refractivity contribution is 5.99. The molecule has 5 nitrogen and oxygen atoms in total. The van der Waals surface area contributed by atoms with E-state index in [-0.39, 0.29) is 5.91 Å². The van der Waals surface area contributed by atoms with Crippen molar-refractivity contribution in [2.24, 2.45) is 0 Å². The van der Waals surface area contributed by atoms with Crippen molar-refractivity contribution in [1.29, 1.82) is 0 Å². The summed E-state index contributed by atoms with van der Waals surface area (Å²) in [5.74, 6) is 1.46. The first-order valence-electron chi connectivity index (χ1n) is 9.12. The number of anilines is 1. The second kappa shape index (κ2) is 7.64. The Morgan fingerprint density at radius 1 is 1.12 bits per heavy atom. The zero-order valence-corrected chi connectivity index (χ0v) is 15.3. The van der Waals surface area contributed by atoms with Gasteiger partial charge in [-0.15, -0.1) is 0 Å². The summed E-state index contributed by atoms with van der Waals surface area (Å²) in [5.41, 5.74) is 2.79. The third-order valence-corrected chi connectivity index (χ3v) is 4.77. The maximum absolute atomic E-state index is 12.9. The van der Waals surface area contributed by atoms with Crippen molar-refractivity contribution >= 4 is 11.7 Å². The number of rotatable bonds is 5. The molecule has 1 aliphatic rings. The highest BCUT2D eigenvalue weighted by Crippen LogP contribution is 2.25. The van der Waals surface area contributed by atoms with E-state index >= 15 is 0 Å². The number of hydrogen-bond donors (Lipinski definition) is 0. The van der Waals surface area contributed by atoms with E-state index < -0.39 is 0 Å². The zero-order chi connectivity index (χ0) is 17.8. The van der Waals surface area contributed by atoms with Gasteiger partial charge in [0, 0.05) is 37.9 Å². The van der Waals surface area contributed by atoms with Gasteiger partial charge >= 0.3 is 0 Å². The predicted molar refractivity (Wildman–Crippen MR) is 101 cm³/mol. The summed E-state index contributed by atoms with van der Waals surface area (Å²) in [4.78, 5) is 26.2. The van der Waals surface area contributed by atoms with Crippen LogP contribution >= 0.6 is 0 Å². The molecule has 0 unspecified atom stereocenters. The van der Waals surface area contributed by atoms with Gasteiger partial charge in [0.25, 0.3) is 5.91 Å². The molecule has 3 rings (SSSR count). The van der Waals surface area contributed by atoms with Gasteiger partial charge in [0.15, 0.2) is 5.82 Å². The molecule has 0 bridgehead atoms. The molecule has 1 aliphatic heterocycles. The van der Waals surface area contributed by atoms with Crippen molar-refractivity contribution in [2.75, 3.05) is 31.1 Å². The average Bonchev–Trinajstić information content (AvgIpc) is 3.17. The first-order valence-corrected chi connectivity index (χ1v) is 9.12. The second-order valence-corrected chi connectivity index (χ2v) is 6.47. The van der Waals surface area contributed by atoms with E-state index in [1.54, 1.807) is 6.20 Å². The van der Waals surface area contributed by atoms with Gasteiger partial charge in [-0.05, 0) is 33.6 Å². The van der Waals surface area contributed by atoms with Gasteiger partial charge in [0.2, 0.25) is 0 Å². The van der Waals surface area contributed by atoms with Crippen LogP contribution in [0.2, 0.25) is 0 Å². The SMILES string of the molecule is CCN(CC)c1nc(-c2ccc(C)cc2)ncc1C(=O)N1CCCC1. The Labute approximate surface area is 149 Å². The Morgan fingerprint density at radius 3 is 2.36 bits per heavy atom. The van der Waals surface area contributed by atoms with E-state index in [0.717, 1.165) is 50.4 Å². The van der Waals surface area contributed by atoms with Crippen LogP contribution in [0, 0.1) is 6.92 Å². The minimum absolute atomic E-state index is 0.0508. The molecule has 0 radical (unpaired) electrons. The van der Waals surface area contributed by atoms with Crippen LogP contribution in [0.25, 0.3) is 11.4 Å². The predicted octanol–water partition coefficient (Wildman–Crippen LogP) is 3.53. The molecule has 1 amide bonds. The summed E-state index contributed by atoms with van der Waals surface area (Å²) in [6.45, 7) is 9.50. The number of carbonyl (C=O) groups excluding carboxylic acids is 1. The topological polar surface area (TPSA) is 49.3 Å². The molecule has 0 spiro atoms. The summed E-state index contributed by atoms with van der Waals surface area (Å²) in [6.07, 6.45) is 3.86. The molecule has 5 heteroatoms. The summed E-state index contributed by atoms with van der Waals surface area (Å²) >= 11 is 0. The Balaban J connectivity index is 2.02. The fourth-order valence-corrected chi connectivity index (χ4v) is 3.22. The Morgan fingerprint density at radius 2 is 1.76 bits per heavy atom. The smallest absolute Gasteiger partial charge is 0.259 e. The average molecular weight is 338 g/mol. The van der Waals surface area contributed by atoms with E-state index in [4.69, 9.17) is 4.98 Å². The van der Waals surface area contributed by atoms with E-state index in [1.807, 2.05) is 17.0 Å². The maximum Gasteiger partial charge on any atom is 0.259 e. The number of aromatic nitrogens is 2. The van der Waals surface area contributed by atoms with Crippen molar-refractivity contribution in [3.63, 3.8) is 0 Å². The molecule has 0 saturated carbocycles. The van der Waals surface area contributed by atoms with Gasteiger partial charge in [-0.2, -0.15) is 0 Å². The molecule has 25 heavy (non-hydrogen) atoms. The Hall–Kier alpha value is -2.43. The standard InChI is InChI=1S/C20H26N4O/c1-4-23(5-2)19-17(20(25)24-12-6-7-13-24)14-21-18(22-19)16-10-8-15(3)9-11-16/h8-11,14H,4-7,12-13H2,1-3H3. The van der Waals surface area contributed by atoms with Crippen LogP contribution in [0.1, 0.15) is 42.6 Å². The minimum Gasteiger partial charge on any atom is -0.356 e. The summed E-state index contributed by atoms with van der Waals surface area (Å²) in [6, 6.07) is 8.16. The summed E-state index contributed by atoms with van der Waals surface area (Å²) in [5, 5.41) is 0. The molecule has 0 atom stereocenters. The molecule has 1 saturated heterocycles. The fraction of sp³-hybridized carbons (Fsp3) is 0.450. The number of hydrogen-bond acceptors (Lipinski definition) is 4. The minimum atomic E-state index is 0.0508. The normalized spacial score (nSPS) is 14.0. The van der Waals surface area contributed by atoms with Gasteiger partial charge in [0.1, 0.15) is 11.4 Å². The van der Waals surface area contributed by atoms with Crippen molar-refractivity contribution in [3.8, 4) is 11.4 Å². The second-order valence-electron chi connectivity index (χ2n) is 6.47. The van der Waals surface area contributed by atoms with Crippen molar-refractivity contribution in [2.45, 2.75) is 33.6 Å². The Kier molecular flexibility index (Phi) is 5.31. The van der Waals surface area contributed by atoms with Crippen LogP contribution in [-0.2, 0) is 0 Å². The first kappa shape index (κ1) is 17.4. The number of carbonyl (C=O) groups is 1. The number of amides is 1. The molecular formula is C20H26N4O. The van der Waals surface area contributed by atoms with Gasteiger partial charge in [-0.25, -0.2) is 9.97 Å².